The summed E-state index contributed by atoms with van der Waals surface area (Å²) in [5.41, 5.74) is 7.35. The van der Waals surface area contributed by atoms with Crippen molar-refractivity contribution in [1.29, 1.82) is 0 Å². The van der Waals surface area contributed by atoms with Crippen molar-refractivity contribution in [2.75, 3.05) is 19.5 Å². The fourth-order valence-electron chi connectivity index (χ4n) is 4.43. The van der Waals surface area contributed by atoms with Gasteiger partial charge < -0.3 is 23.8 Å². The van der Waals surface area contributed by atoms with Crippen molar-refractivity contribution in [1.82, 2.24) is 10.3 Å². The molecule has 244 valence electrons. The number of nitrogens with zero attached hydrogens (tertiary/aromatic N) is 2. The summed E-state index contributed by atoms with van der Waals surface area (Å²) in [7, 11) is 3.25. The number of hydrogen-bond donors (Lipinski definition) is 1. The minimum absolute atomic E-state index is 0.0413. The Labute approximate surface area is 276 Å². The topological polar surface area (TPSA) is 117 Å². The molecule has 1 fully saturated rings. The van der Waals surface area contributed by atoms with Crippen LogP contribution in [0.4, 0.5) is 5.69 Å². The van der Waals surface area contributed by atoms with E-state index in [0.717, 1.165) is 52.2 Å². The molecule has 2 heterocycles. The highest BCUT2D eigenvalue weighted by Crippen LogP contribution is 2.51. The lowest BCUT2D eigenvalue weighted by molar-refractivity contribution is -0.141. The zero-order chi connectivity index (χ0) is 34.4. The van der Waals surface area contributed by atoms with E-state index in [9.17, 15) is 9.59 Å². The maximum atomic E-state index is 11.6. The predicted octanol–water partition coefficient (Wildman–Crippen LogP) is 7.16. The Kier molecular flexibility index (Phi) is 13.2. The van der Waals surface area contributed by atoms with Crippen molar-refractivity contribution in [3.63, 3.8) is 0 Å². The third-order valence-corrected chi connectivity index (χ3v) is 7.57. The number of carbonyl (C=O) groups is 2. The number of nitrogens with one attached hydrogen (secondary N) is 1. The number of benzene rings is 2. The maximum Gasteiger partial charge on any atom is 0.306 e. The van der Waals surface area contributed by atoms with E-state index in [1.54, 1.807) is 0 Å². The molecule has 1 saturated carbocycles. The van der Waals surface area contributed by atoms with Gasteiger partial charge >= 0.3 is 5.97 Å². The second-order valence-corrected chi connectivity index (χ2v) is 11.1. The van der Waals surface area contributed by atoms with Gasteiger partial charge in [-0.3, -0.25) is 9.59 Å². The summed E-state index contributed by atoms with van der Waals surface area (Å²) in [4.78, 5) is 21.5. The normalized spacial score (nSPS) is 12.5. The van der Waals surface area contributed by atoms with Gasteiger partial charge in [0.15, 0.2) is 0 Å². The number of hydrogen-bond acceptors (Lipinski definition) is 9. The number of carbonyl (C=O) groups excluding carboxylic acids is 2. The molecule has 0 saturated heterocycles. The first-order valence-electron chi connectivity index (χ1n) is 15.1. The van der Waals surface area contributed by atoms with Gasteiger partial charge in [0.2, 0.25) is 11.5 Å². The van der Waals surface area contributed by atoms with Crippen LogP contribution in [0.1, 0.15) is 84.4 Å². The molecule has 4 aromatic rings. The molecule has 1 N–H and O–H groups in total. The number of methoxy groups -OCH3 is 1. The van der Waals surface area contributed by atoms with Gasteiger partial charge in [-0.2, -0.15) is 0 Å². The zero-order valence-corrected chi connectivity index (χ0v) is 28.0. The first kappa shape index (κ1) is 35.9. The molecule has 47 heavy (non-hydrogen) atoms. The molecule has 9 heteroatoms. The molecule has 0 aliphatic heterocycles. The molecule has 0 unspecified atom stereocenters. The third kappa shape index (κ3) is 10.5. The molecular weight excluding hydrogens is 594 g/mol. The number of esters is 1. The smallest absolute Gasteiger partial charge is 0.306 e. The van der Waals surface area contributed by atoms with Gasteiger partial charge in [-0.15, -0.1) is 0 Å². The number of aryl methyl sites for hydroxylation is 2. The fourth-order valence-corrected chi connectivity index (χ4v) is 4.43. The van der Waals surface area contributed by atoms with Crippen LogP contribution in [0.15, 0.2) is 75.8 Å². The molecule has 1 aliphatic carbocycles. The van der Waals surface area contributed by atoms with Crippen LogP contribution in [0.5, 0.6) is 0 Å². The van der Waals surface area contributed by atoms with E-state index in [2.05, 4.69) is 45.9 Å². The first-order valence-corrected chi connectivity index (χ1v) is 15.1. The average Bonchev–Trinajstić information content (AvgIpc) is 3.67. The van der Waals surface area contributed by atoms with Gasteiger partial charge in [-0.25, -0.2) is 0 Å². The van der Waals surface area contributed by atoms with Gasteiger partial charge in [-0.05, 0) is 88.1 Å². The Balaban J connectivity index is 0.000000218. The molecule has 1 aliphatic rings. The summed E-state index contributed by atoms with van der Waals surface area (Å²) in [5, 5.41) is 10.7. The van der Waals surface area contributed by atoms with Gasteiger partial charge in [0.1, 0.15) is 17.5 Å². The highest BCUT2D eigenvalue weighted by molar-refractivity contribution is 5.72. The lowest BCUT2D eigenvalue weighted by Gasteiger charge is -2.14. The van der Waals surface area contributed by atoms with E-state index < -0.39 is 0 Å². The second-order valence-electron chi connectivity index (χ2n) is 11.1. The summed E-state index contributed by atoms with van der Waals surface area (Å²) in [6, 6.07) is 17.7. The van der Waals surface area contributed by atoms with Crippen molar-refractivity contribution in [3.05, 3.63) is 112 Å². The number of aromatic nitrogens is 2. The Morgan fingerprint density at radius 3 is 2.17 bits per heavy atom. The van der Waals surface area contributed by atoms with Crippen LogP contribution in [-0.4, -0.2) is 36.9 Å². The Hall–Kier alpha value is -5.54. The second kappa shape index (κ2) is 17.2. The van der Waals surface area contributed by atoms with Crippen LogP contribution < -0.4 is 5.32 Å². The largest absolute Gasteiger partial charge is 0.469 e. The Morgan fingerprint density at radius 1 is 1.00 bits per heavy atom. The monoisotopic (exact) mass is 635 g/mol. The molecule has 9 nitrogen and oxygen atoms in total. The molecule has 2 aromatic heterocycles. The number of ether oxygens (including phenoxy) is 2. The molecular formula is C38H41N3O6. The van der Waals surface area contributed by atoms with E-state index in [1.807, 2.05) is 96.3 Å². The van der Waals surface area contributed by atoms with Crippen LogP contribution in [0, 0.1) is 44.5 Å². The number of rotatable bonds is 7. The van der Waals surface area contributed by atoms with E-state index in [4.69, 9.17) is 18.5 Å². The third-order valence-electron chi connectivity index (χ3n) is 7.57. The van der Waals surface area contributed by atoms with E-state index in [-0.39, 0.29) is 17.5 Å². The van der Waals surface area contributed by atoms with Crippen LogP contribution >= 0.6 is 0 Å². The number of allylic oxidation sites excluding steroid dienone is 1. The van der Waals surface area contributed by atoms with Crippen molar-refractivity contribution >= 4 is 18.1 Å². The molecule has 0 spiro atoms. The van der Waals surface area contributed by atoms with E-state index >= 15 is 0 Å². The Morgan fingerprint density at radius 2 is 1.64 bits per heavy atom. The summed E-state index contributed by atoms with van der Waals surface area (Å²) >= 11 is 0. The fraction of sp³-hybridized carbons (Fsp3) is 0.316. The molecule has 0 bridgehead atoms. The highest BCUT2D eigenvalue weighted by Gasteiger charge is 2.46. The quantitative estimate of drug-likeness (QED) is 0.128. The SMILES string of the molecule is C=C(C)C#Cc1onc(C)c1C.CNc1c(C)noc1C#Cc1ccc(C2(CC(=O)OC)CC2)cc1.C[C@@H](OC=O)c1ccccc1. The summed E-state index contributed by atoms with van der Waals surface area (Å²) in [5.74, 6) is 12.8. The van der Waals surface area contributed by atoms with Crippen LogP contribution in [-0.2, 0) is 24.5 Å². The Bertz CT molecular complexity index is 1780. The molecule has 1 atom stereocenters. The van der Waals surface area contributed by atoms with Crippen LogP contribution in [0.3, 0.4) is 0 Å². The van der Waals surface area contributed by atoms with Gasteiger partial charge in [0.25, 0.3) is 6.47 Å². The minimum Gasteiger partial charge on any atom is -0.469 e. The molecule has 0 radical (unpaired) electrons. The standard InChI is InChI=1S/C19H20N2O3.C10H11NO.C9H10O2/c1-13-18(20-2)16(24-21-13)9-6-14-4-7-15(8-5-14)19(10-11-19)12-17(22)23-3;1-7(2)5-6-10-8(3)9(4)11-12-10;1-8(11-7-10)9-5-3-2-4-6-9/h4-5,7-8,20H,10-12H2,1-3H3;1H2,2-4H3;2-8H,1H3/t;;8-/m..1/s1. The lowest BCUT2D eigenvalue weighted by atomic mass is 9.92. The van der Waals surface area contributed by atoms with E-state index in [0.29, 0.717) is 24.4 Å². The predicted molar refractivity (Wildman–Crippen MR) is 180 cm³/mol. The van der Waals surface area contributed by atoms with Gasteiger partial charge in [0, 0.05) is 23.6 Å². The molecule has 0 amide bonds. The zero-order valence-electron chi connectivity index (χ0n) is 28.0. The molecule has 5 rings (SSSR count). The summed E-state index contributed by atoms with van der Waals surface area (Å²) < 4.78 is 19.7. The van der Waals surface area contributed by atoms with Crippen molar-refractivity contribution in [2.45, 2.75) is 65.4 Å². The first-order chi connectivity index (χ1) is 22.5. The summed E-state index contributed by atoms with van der Waals surface area (Å²) in [6.07, 6.45) is 2.34. The van der Waals surface area contributed by atoms with Crippen molar-refractivity contribution in [3.8, 4) is 23.7 Å². The summed E-state index contributed by atoms with van der Waals surface area (Å²) in [6.45, 7) is 13.5. The minimum atomic E-state index is -0.156. The average molecular weight is 636 g/mol. The maximum absolute atomic E-state index is 11.6. The van der Waals surface area contributed by atoms with Crippen LogP contribution in [0.25, 0.3) is 0 Å². The number of anilines is 1. The van der Waals surface area contributed by atoms with Gasteiger partial charge in [0.05, 0.1) is 19.2 Å². The van der Waals surface area contributed by atoms with E-state index in [1.165, 1.54) is 12.7 Å². The van der Waals surface area contributed by atoms with Gasteiger partial charge in [-0.1, -0.05) is 71.2 Å². The highest BCUT2D eigenvalue weighted by atomic mass is 16.5. The van der Waals surface area contributed by atoms with Crippen molar-refractivity contribution in [2.24, 2.45) is 0 Å². The lowest BCUT2D eigenvalue weighted by Crippen LogP contribution is -2.14. The van der Waals surface area contributed by atoms with Crippen molar-refractivity contribution < 1.29 is 28.1 Å². The van der Waals surface area contributed by atoms with Crippen LogP contribution in [0.2, 0.25) is 0 Å². The molecule has 2 aromatic carbocycles.